The average molecular weight is 358 g/mol. The minimum Gasteiger partial charge on any atom is -0.207 e. The summed E-state index contributed by atoms with van der Waals surface area (Å²) in [4.78, 5) is 0.181. The molecule has 2 aromatic rings. The molecule has 0 fully saturated rings. The van der Waals surface area contributed by atoms with Crippen molar-refractivity contribution in [2.75, 3.05) is 0 Å². The molecule has 0 heterocycles. The predicted molar refractivity (Wildman–Crippen MR) is 79.3 cm³/mol. The first-order chi connectivity index (χ1) is 9.38. The predicted octanol–water partition coefficient (Wildman–Crippen LogP) is 3.63. The van der Waals surface area contributed by atoms with Crippen LogP contribution in [-0.2, 0) is 10.0 Å². The van der Waals surface area contributed by atoms with Crippen LogP contribution >= 0.6 is 15.9 Å². The van der Waals surface area contributed by atoms with Gasteiger partial charge < -0.3 is 0 Å². The van der Waals surface area contributed by atoms with E-state index < -0.39 is 16.1 Å². The molecule has 0 amide bonds. The third-order valence-electron chi connectivity index (χ3n) is 2.81. The Morgan fingerprint density at radius 1 is 1.15 bits per heavy atom. The van der Waals surface area contributed by atoms with Crippen LogP contribution < -0.4 is 4.72 Å². The molecule has 0 bridgehead atoms. The molecular weight excluding hydrogens is 345 g/mol. The minimum absolute atomic E-state index is 0.181. The Hall–Kier alpha value is -1.24. The third kappa shape index (κ3) is 3.65. The molecule has 0 radical (unpaired) electrons. The summed E-state index contributed by atoms with van der Waals surface area (Å²) < 4.78 is 40.6. The summed E-state index contributed by atoms with van der Waals surface area (Å²) in [6, 6.07) is 11.7. The van der Waals surface area contributed by atoms with Crippen molar-refractivity contribution in [3.63, 3.8) is 0 Å². The monoisotopic (exact) mass is 357 g/mol. The lowest BCUT2D eigenvalue weighted by molar-refractivity contribution is 0.566. The molecule has 2 rings (SSSR count). The highest BCUT2D eigenvalue weighted by Crippen LogP contribution is 2.19. The van der Waals surface area contributed by atoms with Gasteiger partial charge in [0, 0.05) is 10.5 Å². The fourth-order valence-electron chi connectivity index (χ4n) is 1.75. The molecule has 1 N–H and O–H groups in total. The second-order valence-electron chi connectivity index (χ2n) is 4.35. The Balaban J connectivity index is 2.22. The van der Waals surface area contributed by atoms with Crippen molar-refractivity contribution in [1.29, 1.82) is 0 Å². The topological polar surface area (TPSA) is 46.2 Å². The molecule has 3 nitrogen and oxygen atoms in total. The Morgan fingerprint density at radius 2 is 1.80 bits per heavy atom. The summed E-state index contributed by atoms with van der Waals surface area (Å²) in [5, 5.41) is 0. The Labute approximate surface area is 126 Å². The van der Waals surface area contributed by atoms with Crippen molar-refractivity contribution < 1.29 is 12.8 Å². The molecule has 0 aliphatic heterocycles. The molecule has 0 unspecified atom stereocenters. The molecule has 0 aliphatic rings. The highest BCUT2D eigenvalue weighted by Gasteiger charge is 2.18. The van der Waals surface area contributed by atoms with Crippen LogP contribution in [0.25, 0.3) is 0 Å². The summed E-state index contributed by atoms with van der Waals surface area (Å²) in [5.74, 6) is -0.351. The number of nitrogens with one attached hydrogen (secondary N) is 1. The lowest BCUT2D eigenvalue weighted by atomic mass is 10.1. The van der Waals surface area contributed by atoms with Crippen molar-refractivity contribution in [2.45, 2.75) is 17.9 Å². The van der Waals surface area contributed by atoms with Crippen LogP contribution in [0.15, 0.2) is 57.9 Å². The number of rotatable bonds is 4. The van der Waals surface area contributed by atoms with Gasteiger partial charge in [0.15, 0.2) is 0 Å². The van der Waals surface area contributed by atoms with Gasteiger partial charge in [0.1, 0.15) is 5.82 Å². The van der Waals surface area contributed by atoms with E-state index in [1.807, 2.05) is 0 Å². The van der Waals surface area contributed by atoms with Gasteiger partial charge in [-0.25, -0.2) is 17.5 Å². The number of halogens is 2. The molecule has 0 spiro atoms. The molecule has 0 aliphatic carbocycles. The third-order valence-corrected chi connectivity index (χ3v) is 4.84. The van der Waals surface area contributed by atoms with E-state index in [2.05, 4.69) is 20.7 Å². The van der Waals surface area contributed by atoms with Crippen LogP contribution in [0.2, 0.25) is 0 Å². The number of benzene rings is 2. The van der Waals surface area contributed by atoms with Crippen molar-refractivity contribution in [2.24, 2.45) is 0 Å². The molecule has 6 heteroatoms. The van der Waals surface area contributed by atoms with E-state index in [4.69, 9.17) is 0 Å². The van der Waals surface area contributed by atoms with E-state index in [1.165, 1.54) is 24.3 Å². The summed E-state index contributed by atoms with van der Waals surface area (Å²) in [7, 11) is -3.61. The molecule has 2 aromatic carbocycles. The standard InChI is InChI=1S/C14H13BrFNO2S/c1-10(11-5-7-13(16)8-6-11)17-20(18,19)14-4-2-3-12(15)9-14/h2-10,17H,1H3/t10-/m1/s1. The van der Waals surface area contributed by atoms with Gasteiger partial charge in [-0.3, -0.25) is 0 Å². The molecule has 106 valence electrons. The highest BCUT2D eigenvalue weighted by atomic mass is 79.9. The Bertz CT molecular complexity index is 701. The van der Waals surface area contributed by atoms with Crippen molar-refractivity contribution in [3.05, 3.63) is 64.4 Å². The van der Waals surface area contributed by atoms with Crippen LogP contribution in [0.3, 0.4) is 0 Å². The van der Waals surface area contributed by atoms with E-state index in [1.54, 1.807) is 31.2 Å². The van der Waals surface area contributed by atoms with Crippen LogP contribution in [0.5, 0.6) is 0 Å². The number of hydrogen-bond donors (Lipinski definition) is 1. The maximum Gasteiger partial charge on any atom is 0.241 e. The van der Waals surface area contributed by atoms with Gasteiger partial charge in [-0.2, -0.15) is 0 Å². The molecule has 0 aromatic heterocycles. The van der Waals surface area contributed by atoms with E-state index >= 15 is 0 Å². The zero-order chi connectivity index (χ0) is 14.8. The fourth-order valence-corrected chi connectivity index (χ4v) is 3.58. The normalized spacial score (nSPS) is 13.2. The van der Waals surface area contributed by atoms with Crippen LogP contribution in [-0.4, -0.2) is 8.42 Å². The molecule has 1 atom stereocenters. The molecule has 0 saturated carbocycles. The summed E-state index contributed by atoms with van der Waals surface area (Å²) >= 11 is 3.24. The Morgan fingerprint density at radius 3 is 2.40 bits per heavy atom. The summed E-state index contributed by atoms with van der Waals surface area (Å²) in [6.07, 6.45) is 0. The maximum atomic E-state index is 12.9. The van der Waals surface area contributed by atoms with Crippen LogP contribution in [0.4, 0.5) is 4.39 Å². The van der Waals surface area contributed by atoms with Gasteiger partial charge in [-0.05, 0) is 42.8 Å². The first-order valence-electron chi connectivity index (χ1n) is 5.92. The first kappa shape index (κ1) is 15.2. The molecular formula is C14H13BrFNO2S. The van der Waals surface area contributed by atoms with Crippen molar-refractivity contribution >= 4 is 26.0 Å². The number of hydrogen-bond acceptors (Lipinski definition) is 2. The zero-order valence-electron chi connectivity index (χ0n) is 10.7. The Kier molecular flexibility index (Phi) is 4.57. The zero-order valence-corrected chi connectivity index (χ0v) is 13.1. The van der Waals surface area contributed by atoms with Crippen LogP contribution in [0.1, 0.15) is 18.5 Å². The van der Waals surface area contributed by atoms with Crippen molar-refractivity contribution in [1.82, 2.24) is 4.72 Å². The fraction of sp³-hybridized carbons (Fsp3) is 0.143. The van der Waals surface area contributed by atoms with Gasteiger partial charge in [0.25, 0.3) is 0 Å². The largest absolute Gasteiger partial charge is 0.241 e. The van der Waals surface area contributed by atoms with Crippen molar-refractivity contribution in [3.8, 4) is 0 Å². The number of sulfonamides is 1. The SMILES string of the molecule is C[C@@H](NS(=O)(=O)c1cccc(Br)c1)c1ccc(F)cc1. The lowest BCUT2D eigenvalue weighted by Crippen LogP contribution is -2.26. The van der Waals surface area contributed by atoms with Gasteiger partial charge in [0.05, 0.1) is 4.90 Å². The van der Waals surface area contributed by atoms with Gasteiger partial charge in [-0.1, -0.05) is 34.1 Å². The van der Waals surface area contributed by atoms with E-state index in [-0.39, 0.29) is 10.7 Å². The molecule has 0 saturated heterocycles. The summed E-state index contributed by atoms with van der Waals surface area (Å²) in [6.45, 7) is 1.71. The summed E-state index contributed by atoms with van der Waals surface area (Å²) in [5.41, 5.74) is 0.699. The van der Waals surface area contributed by atoms with E-state index in [9.17, 15) is 12.8 Å². The van der Waals surface area contributed by atoms with E-state index in [0.29, 0.717) is 10.0 Å². The quantitative estimate of drug-likeness (QED) is 0.907. The molecule has 20 heavy (non-hydrogen) atoms. The minimum atomic E-state index is -3.61. The van der Waals surface area contributed by atoms with Gasteiger partial charge >= 0.3 is 0 Å². The second kappa shape index (κ2) is 6.03. The first-order valence-corrected chi connectivity index (χ1v) is 8.19. The highest BCUT2D eigenvalue weighted by molar-refractivity contribution is 9.10. The van der Waals surface area contributed by atoms with Gasteiger partial charge in [0.2, 0.25) is 10.0 Å². The van der Waals surface area contributed by atoms with Gasteiger partial charge in [-0.15, -0.1) is 0 Å². The smallest absolute Gasteiger partial charge is 0.207 e. The maximum absolute atomic E-state index is 12.9. The van der Waals surface area contributed by atoms with E-state index in [0.717, 1.165) is 0 Å². The van der Waals surface area contributed by atoms with Crippen LogP contribution in [0, 0.1) is 5.82 Å². The second-order valence-corrected chi connectivity index (χ2v) is 6.98. The average Bonchev–Trinajstić information content (AvgIpc) is 2.39. The lowest BCUT2D eigenvalue weighted by Gasteiger charge is -2.14.